The maximum atomic E-state index is 15.4. The number of hydrogen-bond acceptors (Lipinski definition) is 15. The molecule has 0 radical (unpaired) electrons. The first kappa shape index (κ1) is 59.4. The molecule has 84 heavy (non-hydrogen) atoms. The average molecular weight is 1150 g/mol. The molecule has 1 saturated heterocycles. The summed E-state index contributed by atoms with van der Waals surface area (Å²) < 4.78 is 50.5. The number of aliphatic hydroxyl groups is 1. The molecule has 3 N–H and O–H groups in total. The largest absolute Gasteiger partial charge is 0.458 e. The molecule has 6 heterocycles. The number of halogens is 1. The molecule has 20 nitrogen and oxygen atoms in total. The fourth-order valence-corrected chi connectivity index (χ4v) is 11.7. The lowest BCUT2D eigenvalue weighted by Crippen LogP contribution is -2.44. The van der Waals surface area contributed by atoms with Gasteiger partial charge in [0.25, 0.3) is 5.56 Å². The van der Waals surface area contributed by atoms with Crippen molar-refractivity contribution in [3.63, 3.8) is 0 Å². The minimum Gasteiger partial charge on any atom is -0.458 e. The van der Waals surface area contributed by atoms with Gasteiger partial charge in [0.05, 0.1) is 100 Å². The molecule has 0 spiro atoms. The van der Waals surface area contributed by atoms with Gasteiger partial charge in [-0.3, -0.25) is 28.8 Å². The van der Waals surface area contributed by atoms with Crippen molar-refractivity contribution >= 4 is 52.0 Å². The highest BCUT2D eigenvalue weighted by molar-refractivity contribution is 5.97. The Labute approximate surface area is 485 Å². The second-order valence-corrected chi connectivity index (χ2v) is 21.5. The van der Waals surface area contributed by atoms with Gasteiger partial charge in [-0.1, -0.05) is 49.1 Å². The lowest BCUT2D eigenvalue weighted by molar-refractivity contribution is -0.172. The van der Waals surface area contributed by atoms with E-state index < -0.39 is 41.1 Å². The van der Waals surface area contributed by atoms with E-state index in [1.165, 1.54) is 10.6 Å². The Morgan fingerprint density at radius 1 is 0.798 bits per heavy atom. The number of aryl methyl sites for hydroxylation is 1. The van der Waals surface area contributed by atoms with Crippen LogP contribution in [0.15, 0.2) is 65.5 Å². The SMILES string of the molecule is CC[C@@]1(O)C(=O)OCc2c1cc1n(c2=O)Cc2c-1nc1cc(F)c(C)c3c1c2[C@@H](NC(=O)COC1CCCN1C(=O)CCC(=O)CCOCCOCCOCCOCCNC(=O)CCC(=O)N1Cc2ccccc2C#Cc2ccccc21)CC3. The number of rotatable bonds is 26. The van der Waals surface area contributed by atoms with E-state index in [2.05, 4.69) is 22.5 Å². The molecule has 5 aliphatic rings. The highest BCUT2D eigenvalue weighted by atomic mass is 19.1. The van der Waals surface area contributed by atoms with E-state index in [-0.39, 0.29) is 113 Å². The number of esters is 1. The number of carbonyl (C=O) groups excluding carboxylic acids is 6. The third-order valence-corrected chi connectivity index (χ3v) is 16.2. The molecule has 442 valence electrons. The van der Waals surface area contributed by atoms with E-state index in [9.17, 15) is 38.7 Å². The van der Waals surface area contributed by atoms with Crippen LogP contribution in [0.2, 0.25) is 0 Å². The number of anilines is 1. The van der Waals surface area contributed by atoms with E-state index in [4.69, 9.17) is 33.4 Å². The number of hydrogen-bond donors (Lipinski definition) is 3. The number of pyridine rings is 2. The molecule has 3 aromatic carbocycles. The minimum atomic E-state index is -2.02. The summed E-state index contributed by atoms with van der Waals surface area (Å²) in [4.78, 5) is 101. The molecule has 1 unspecified atom stereocenters. The van der Waals surface area contributed by atoms with Gasteiger partial charge in [0.2, 0.25) is 23.6 Å². The summed E-state index contributed by atoms with van der Waals surface area (Å²) in [6.45, 7) is 6.26. The number of nitrogens with one attached hydrogen (secondary N) is 2. The van der Waals surface area contributed by atoms with Gasteiger partial charge in [-0.2, -0.15) is 0 Å². The summed E-state index contributed by atoms with van der Waals surface area (Å²) in [5, 5.41) is 18.0. The van der Waals surface area contributed by atoms with Crippen LogP contribution in [0, 0.1) is 24.6 Å². The molecule has 4 amide bonds. The first-order valence-electron chi connectivity index (χ1n) is 28.8. The molecular formula is C63H69FN6O14. The number of aromatic nitrogens is 2. The topological polar surface area (TPSA) is 243 Å². The standard InChI is InChI=1S/C63H69FN6O14/c1-3-63(78)47-33-52-60-45(36-70(52)61(76)46(47)37-84-62(63)77)59-49(18-17-44-39(2)48(64)34-50(67-60)58(44)59)66-54(73)38-83-57-13-8-24-68(57)55(74)20-16-43(71)22-25-79-27-29-81-31-32-82-30-28-80-26-23-65-53(72)19-21-56(75)69-35-42-11-5-4-9-40(42)14-15-41-10-6-7-12-51(41)69/h4-7,9-12,33-34,49,57,78H,3,8,13,16-32,35-38H2,1-2H3,(H,65,72)(H,66,73)/t49-,57?,63-/m0/s1. The van der Waals surface area contributed by atoms with Crippen LogP contribution in [0.25, 0.3) is 22.3 Å². The van der Waals surface area contributed by atoms with Crippen LogP contribution in [0.4, 0.5) is 10.1 Å². The van der Waals surface area contributed by atoms with Crippen molar-refractivity contribution in [2.45, 2.75) is 116 Å². The summed E-state index contributed by atoms with van der Waals surface area (Å²) in [5.74, 6) is 3.91. The van der Waals surface area contributed by atoms with E-state index >= 15 is 4.39 Å². The van der Waals surface area contributed by atoms with Crippen molar-refractivity contribution in [3.05, 3.63) is 127 Å². The average Bonchev–Trinajstić information content (AvgIpc) is 3.30. The van der Waals surface area contributed by atoms with Crippen molar-refractivity contribution in [1.29, 1.82) is 0 Å². The lowest BCUT2D eigenvalue weighted by Gasteiger charge is -2.31. The predicted molar refractivity (Wildman–Crippen MR) is 304 cm³/mol. The Hall–Kier alpha value is -7.71. The molecule has 21 heteroatoms. The van der Waals surface area contributed by atoms with Crippen molar-refractivity contribution in [3.8, 4) is 23.2 Å². The van der Waals surface area contributed by atoms with Crippen LogP contribution < -0.4 is 21.1 Å². The van der Waals surface area contributed by atoms with Gasteiger partial charge in [-0.15, -0.1) is 0 Å². The monoisotopic (exact) mass is 1150 g/mol. The van der Waals surface area contributed by atoms with Crippen molar-refractivity contribution < 1.29 is 66.7 Å². The fourth-order valence-electron chi connectivity index (χ4n) is 11.7. The van der Waals surface area contributed by atoms with Gasteiger partial charge in [0.15, 0.2) is 5.60 Å². The van der Waals surface area contributed by atoms with Gasteiger partial charge >= 0.3 is 5.97 Å². The van der Waals surface area contributed by atoms with E-state index in [0.29, 0.717) is 117 Å². The molecule has 0 bridgehead atoms. The van der Waals surface area contributed by atoms with Gasteiger partial charge in [0.1, 0.15) is 31.0 Å². The van der Waals surface area contributed by atoms with Gasteiger partial charge < -0.3 is 58.5 Å². The number of likely N-dealkylation sites (tertiary alicyclic amines) is 1. The van der Waals surface area contributed by atoms with Crippen LogP contribution in [0.3, 0.4) is 0 Å². The smallest absolute Gasteiger partial charge is 0.343 e. The molecule has 1 fully saturated rings. The number of ketones is 1. The molecule has 3 atom stereocenters. The minimum absolute atomic E-state index is 0.0116. The summed E-state index contributed by atoms with van der Waals surface area (Å²) in [7, 11) is 0. The van der Waals surface area contributed by atoms with Crippen LogP contribution in [0.5, 0.6) is 0 Å². The Balaban J connectivity index is 0.579. The van der Waals surface area contributed by atoms with Crippen molar-refractivity contribution in [1.82, 2.24) is 25.1 Å². The van der Waals surface area contributed by atoms with Crippen molar-refractivity contribution in [2.24, 2.45) is 0 Å². The number of benzene rings is 3. The van der Waals surface area contributed by atoms with Crippen LogP contribution in [0.1, 0.15) is 121 Å². The molecular weight excluding hydrogens is 1080 g/mol. The van der Waals surface area contributed by atoms with Crippen molar-refractivity contribution in [2.75, 3.05) is 77.5 Å². The Morgan fingerprint density at radius 2 is 1.50 bits per heavy atom. The number of fused-ring (bicyclic) bond motifs is 7. The molecule has 2 aromatic heterocycles. The third kappa shape index (κ3) is 13.0. The number of para-hydroxylation sites is 1. The van der Waals surface area contributed by atoms with E-state index in [1.807, 2.05) is 48.5 Å². The molecule has 1 aliphatic carbocycles. The van der Waals surface area contributed by atoms with Crippen LogP contribution >= 0.6 is 0 Å². The molecule has 10 rings (SSSR count). The number of nitrogens with zero attached hydrogens (tertiary/aromatic N) is 4. The summed E-state index contributed by atoms with van der Waals surface area (Å²) in [6.07, 6.45) is 1.64. The number of ether oxygens (including phenoxy) is 6. The Bertz CT molecular complexity index is 3500. The third-order valence-electron chi connectivity index (χ3n) is 16.2. The van der Waals surface area contributed by atoms with Gasteiger partial charge in [-0.25, -0.2) is 14.2 Å². The van der Waals surface area contributed by atoms with Gasteiger partial charge in [0, 0.05) is 78.9 Å². The summed E-state index contributed by atoms with van der Waals surface area (Å²) in [6, 6.07) is 17.7. The zero-order valence-electron chi connectivity index (χ0n) is 47.3. The quantitative estimate of drug-likeness (QED) is 0.0357. The number of amides is 4. The normalized spacial score (nSPS) is 18.1. The van der Waals surface area contributed by atoms with Crippen LogP contribution in [-0.4, -0.2) is 134 Å². The summed E-state index contributed by atoms with van der Waals surface area (Å²) in [5.41, 5.74) is 4.93. The maximum absolute atomic E-state index is 15.4. The first-order chi connectivity index (χ1) is 40.7. The zero-order chi connectivity index (χ0) is 58.9. The highest BCUT2D eigenvalue weighted by Crippen LogP contribution is 2.46. The fraction of sp³-hybridized carbons (Fsp3) is 0.460. The molecule has 5 aromatic rings. The highest BCUT2D eigenvalue weighted by Gasteiger charge is 2.46. The first-order valence-corrected chi connectivity index (χ1v) is 28.8. The number of carbonyl (C=O) groups is 6. The zero-order valence-corrected chi connectivity index (χ0v) is 47.3. The summed E-state index contributed by atoms with van der Waals surface area (Å²) >= 11 is 0. The predicted octanol–water partition coefficient (Wildman–Crippen LogP) is 5.24. The number of cyclic esters (lactones) is 1. The second kappa shape index (κ2) is 26.9. The number of Topliss-reactive ketones (excluding diaryl/α,β-unsaturated/α-hetero) is 1. The van der Waals surface area contributed by atoms with Gasteiger partial charge in [-0.05, 0) is 85.5 Å². The Morgan fingerprint density at radius 3 is 2.27 bits per heavy atom. The lowest BCUT2D eigenvalue weighted by atomic mass is 9.81. The van der Waals surface area contributed by atoms with Crippen LogP contribution in [-0.2, 0) is 88.9 Å². The van der Waals surface area contributed by atoms with E-state index in [1.54, 1.807) is 29.7 Å². The van der Waals surface area contributed by atoms with E-state index in [0.717, 1.165) is 27.9 Å². The maximum Gasteiger partial charge on any atom is 0.343 e. The molecule has 4 aliphatic heterocycles. The molecule has 0 saturated carbocycles. The Kier molecular flexibility index (Phi) is 19.0. The second-order valence-electron chi connectivity index (χ2n) is 21.5.